The fraction of sp³-hybridized carbons (Fsp3) is 0.455. The summed E-state index contributed by atoms with van der Waals surface area (Å²) in [5.41, 5.74) is 2.60. The Kier molecular flexibility index (Phi) is 2.27. The Bertz CT molecular complexity index is 445. The Balaban J connectivity index is 2.53. The third kappa shape index (κ3) is 1.52. The number of benzene rings is 1. The van der Waals surface area contributed by atoms with Crippen LogP contribution in [0.4, 0.5) is 0 Å². The van der Waals surface area contributed by atoms with Crippen LogP contribution in [0.2, 0.25) is 0 Å². The van der Waals surface area contributed by atoms with E-state index < -0.39 is 0 Å². The first-order valence-electron chi connectivity index (χ1n) is 4.86. The molecule has 0 aliphatic rings. The quantitative estimate of drug-likeness (QED) is 0.752. The van der Waals surface area contributed by atoms with Crippen molar-refractivity contribution in [3.05, 3.63) is 23.8 Å². The molecule has 0 unspecified atom stereocenters. The molecule has 2 rings (SSSR count). The van der Waals surface area contributed by atoms with Crippen LogP contribution in [0, 0.1) is 0 Å². The van der Waals surface area contributed by atoms with Crippen molar-refractivity contribution in [2.45, 2.75) is 32.6 Å². The molecule has 2 nitrogen and oxygen atoms in total. The molecule has 0 saturated heterocycles. The van der Waals surface area contributed by atoms with Gasteiger partial charge in [-0.1, -0.05) is 31.3 Å². The molecule has 0 N–H and O–H groups in total. The van der Waals surface area contributed by atoms with Crippen LogP contribution in [-0.4, -0.2) is 9.59 Å². The van der Waals surface area contributed by atoms with Gasteiger partial charge in [0.1, 0.15) is 5.52 Å². The molecule has 1 heterocycles. The second kappa shape index (κ2) is 3.31. The number of hydrogen-bond acceptors (Lipinski definition) is 3. The van der Waals surface area contributed by atoms with E-state index in [2.05, 4.69) is 48.6 Å². The van der Waals surface area contributed by atoms with Gasteiger partial charge < -0.3 is 0 Å². The summed E-state index contributed by atoms with van der Waals surface area (Å²) in [7, 11) is 0. The van der Waals surface area contributed by atoms with Crippen LogP contribution in [0.25, 0.3) is 10.2 Å². The molecular weight excluding hydrogens is 192 g/mol. The van der Waals surface area contributed by atoms with Gasteiger partial charge in [0.25, 0.3) is 0 Å². The van der Waals surface area contributed by atoms with Crippen molar-refractivity contribution in [2.24, 2.45) is 0 Å². The van der Waals surface area contributed by atoms with E-state index in [9.17, 15) is 0 Å². The normalized spacial score (nSPS) is 12.2. The van der Waals surface area contributed by atoms with Crippen LogP contribution in [0.3, 0.4) is 0 Å². The van der Waals surface area contributed by atoms with E-state index in [0.717, 1.165) is 11.9 Å². The average molecular weight is 206 g/mol. The van der Waals surface area contributed by atoms with Gasteiger partial charge in [-0.05, 0) is 41.1 Å². The molecule has 2 aromatic rings. The molecule has 0 bridgehead atoms. The fourth-order valence-corrected chi connectivity index (χ4v) is 1.95. The standard InChI is InChI=1S/C11H14N2S/c1-4-11(2,3)8-5-6-10-9(7-8)12-13-14-10/h5-7H,4H2,1-3H3. The van der Waals surface area contributed by atoms with Crippen LogP contribution in [0.1, 0.15) is 32.8 Å². The molecular formula is C11H14N2S. The summed E-state index contributed by atoms with van der Waals surface area (Å²) < 4.78 is 5.11. The van der Waals surface area contributed by atoms with Gasteiger partial charge in [-0.3, -0.25) is 0 Å². The number of hydrogen-bond donors (Lipinski definition) is 0. The lowest BCUT2D eigenvalue weighted by Gasteiger charge is -2.22. The molecule has 0 fully saturated rings. The Morgan fingerprint density at radius 1 is 1.36 bits per heavy atom. The van der Waals surface area contributed by atoms with Gasteiger partial charge in [-0.2, -0.15) is 0 Å². The molecule has 74 valence electrons. The first-order chi connectivity index (χ1) is 6.63. The topological polar surface area (TPSA) is 25.8 Å². The zero-order valence-electron chi connectivity index (χ0n) is 8.74. The van der Waals surface area contributed by atoms with Gasteiger partial charge in [-0.25, -0.2) is 0 Å². The Hall–Kier alpha value is -0.960. The summed E-state index contributed by atoms with van der Waals surface area (Å²) in [6.07, 6.45) is 1.13. The highest BCUT2D eigenvalue weighted by molar-refractivity contribution is 7.12. The summed E-state index contributed by atoms with van der Waals surface area (Å²) in [6.45, 7) is 6.73. The van der Waals surface area contributed by atoms with Crippen LogP contribution in [-0.2, 0) is 5.41 Å². The molecule has 14 heavy (non-hydrogen) atoms. The van der Waals surface area contributed by atoms with Gasteiger partial charge in [0.15, 0.2) is 0 Å². The van der Waals surface area contributed by atoms with Crippen molar-refractivity contribution in [3.63, 3.8) is 0 Å². The minimum Gasteiger partial charge on any atom is -0.138 e. The lowest BCUT2D eigenvalue weighted by molar-refractivity contribution is 0.507. The first-order valence-corrected chi connectivity index (χ1v) is 5.63. The maximum Gasteiger partial charge on any atom is 0.106 e. The number of rotatable bonds is 2. The van der Waals surface area contributed by atoms with Crippen molar-refractivity contribution in [1.29, 1.82) is 0 Å². The maximum atomic E-state index is 4.10. The van der Waals surface area contributed by atoms with Gasteiger partial charge in [-0.15, -0.1) is 5.10 Å². The summed E-state index contributed by atoms with van der Waals surface area (Å²) >= 11 is 1.45. The van der Waals surface area contributed by atoms with E-state index in [1.807, 2.05) is 0 Å². The number of aromatic nitrogens is 2. The van der Waals surface area contributed by atoms with E-state index in [-0.39, 0.29) is 5.41 Å². The highest BCUT2D eigenvalue weighted by Gasteiger charge is 2.18. The first kappa shape index (κ1) is 9.59. The SMILES string of the molecule is CCC(C)(C)c1ccc2snnc2c1. The summed E-state index contributed by atoms with van der Waals surface area (Å²) in [4.78, 5) is 0. The molecule has 0 spiro atoms. The summed E-state index contributed by atoms with van der Waals surface area (Å²) in [5.74, 6) is 0. The molecule has 1 aromatic heterocycles. The van der Waals surface area contributed by atoms with Gasteiger partial charge in [0, 0.05) is 0 Å². The van der Waals surface area contributed by atoms with Crippen LogP contribution < -0.4 is 0 Å². The van der Waals surface area contributed by atoms with Crippen LogP contribution in [0.15, 0.2) is 18.2 Å². The van der Waals surface area contributed by atoms with E-state index in [1.165, 1.54) is 21.8 Å². The molecule has 0 amide bonds. The van der Waals surface area contributed by atoms with Crippen molar-refractivity contribution >= 4 is 21.7 Å². The molecule has 3 heteroatoms. The summed E-state index contributed by atoms with van der Waals surface area (Å²) in [5, 5.41) is 4.10. The monoisotopic (exact) mass is 206 g/mol. The van der Waals surface area contributed by atoms with E-state index >= 15 is 0 Å². The zero-order chi connectivity index (χ0) is 10.2. The molecule has 0 aliphatic heterocycles. The minimum atomic E-state index is 0.234. The van der Waals surface area contributed by atoms with E-state index in [4.69, 9.17) is 0 Å². The number of fused-ring (bicyclic) bond motifs is 1. The lowest BCUT2D eigenvalue weighted by atomic mass is 9.82. The molecule has 1 aromatic carbocycles. The van der Waals surface area contributed by atoms with Crippen molar-refractivity contribution in [3.8, 4) is 0 Å². The average Bonchev–Trinajstić information content (AvgIpc) is 2.64. The highest BCUT2D eigenvalue weighted by atomic mass is 32.1. The maximum absolute atomic E-state index is 4.10. The Morgan fingerprint density at radius 3 is 2.86 bits per heavy atom. The molecule has 0 radical (unpaired) electrons. The third-order valence-electron chi connectivity index (χ3n) is 2.91. The molecule has 0 atom stereocenters. The van der Waals surface area contributed by atoms with Gasteiger partial charge >= 0.3 is 0 Å². The van der Waals surface area contributed by atoms with E-state index in [0.29, 0.717) is 0 Å². The van der Waals surface area contributed by atoms with Gasteiger partial charge in [0.2, 0.25) is 0 Å². The summed E-state index contributed by atoms with van der Waals surface area (Å²) in [6, 6.07) is 6.46. The highest BCUT2D eigenvalue weighted by Crippen LogP contribution is 2.29. The van der Waals surface area contributed by atoms with Crippen molar-refractivity contribution < 1.29 is 0 Å². The Labute approximate surface area is 88.1 Å². The van der Waals surface area contributed by atoms with Crippen LogP contribution in [0.5, 0.6) is 0 Å². The fourth-order valence-electron chi connectivity index (χ4n) is 1.41. The number of nitrogens with zero attached hydrogens (tertiary/aromatic N) is 2. The van der Waals surface area contributed by atoms with Gasteiger partial charge in [0.05, 0.1) is 4.70 Å². The lowest BCUT2D eigenvalue weighted by Crippen LogP contribution is -2.14. The Morgan fingerprint density at radius 2 is 2.14 bits per heavy atom. The predicted octanol–water partition coefficient (Wildman–Crippen LogP) is 3.38. The smallest absolute Gasteiger partial charge is 0.106 e. The second-order valence-electron chi connectivity index (χ2n) is 4.19. The van der Waals surface area contributed by atoms with Crippen molar-refractivity contribution in [1.82, 2.24) is 9.59 Å². The van der Waals surface area contributed by atoms with E-state index in [1.54, 1.807) is 0 Å². The second-order valence-corrected chi connectivity index (χ2v) is 4.98. The van der Waals surface area contributed by atoms with Crippen molar-refractivity contribution in [2.75, 3.05) is 0 Å². The zero-order valence-corrected chi connectivity index (χ0v) is 9.56. The largest absolute Gasteiger partial charge is 0.138 e. The third-order valence-corrected chi connectivity index (χ3v) is 3.62. The predicted molar refractivity (Wildman–Crippen MR) is 60.7 cm³/mol. The molecule has 0 aliphatic carbocycles. The minimum absolute atomic E-state index is 0.234. The molecule has 0 saturated carbocycles. The van der Waals surface area contributed by atoms with Crippen LogP contribution >= 0.6 is 11.5 Å².